The number of hydrogen-bond acceptors (Lipinski definition) is 7. The summed E-state index contributed by atoms with van der Waals surface area (Å²) in [5, 5.41) is -0.515. The Labute approximate surface area is 149 Å². The van der Waals surface area contributed by atoms with Crippen LogP contribution >= 0.6 is 11.8 Å². The molecule has 2 amide bonds. The fraction of sp³-hybridized carbons (Fsp3) is 0.353. The summed E-state index contributed by atoms with van der Waals surface area (Å²) in [6.45, 7) is 3.30. The van der Waals surface area contributed by atoms with E-state index in [9.17, 15) is 14.4 Å². The van der Waals surface area contributed by atoms with Gasteiger partial charge in [-0.25, -0.2) is 4.79 Å². The van der Waals surface area contributed by atoms with Crippen LogP contribution in [0, 0.1) is 0 Å². The van der Waals surface area contributed by atoms with Crippen LogP contribution in [0.25, 0.3) is 6.08 Å². The van der Waals surface area contributed by atoms with Crippen LogP contribution in [0.3, 0.4) is 0 Å². The maximum atomic E-state index is 12.6. The standard InChI is InChI=1S/C17H19NO6S/c1-5-24-16(20)10(2)18-15(19)14(25-17(18)21)9-11-8-12(22-3)6-7-13(11)23-4/h6-10H,5H2,1-4H3/b14-9+/t10-/m0/s1. The molecular weight excluding hydrogens is 346 g/mol. The van der Waals surface area contributed by atoms with E-state index >= 15 is 0 Å². The normalized spacial score (nSPS) is 17.0. The number of nitrogens with zero attached hydrogens (tertiary/aromatic N) is 1. The lowest BCUT2D eigenvalue weighted by atomic mass is 10.1. The Hall–Kier alpha value is -2.48. The zero-order chi connectivity index (χ0) is 18.6. The van der Waals surface area contributed by atoms with Gasteiger partial charge in [0.05, 0.1) is 25.7 Å². The molecule has 0 bridgehead atoms. The summed E-state index contributed by atoms with van der Waals surface area (Å²) >= 11 is 0.767. The number of hydrogen-bond donors (Lipinski definition) is 0. The number of thioether (sulfide) groups is 1. The molecule has 1 atom stereocenters. The summed E-state index contributed by atoms with van der Waals surface area (Å²) < 4.78 is 15.3. The molecule has 134 valence electrons. The summed E-state index contributed by atoms with van der Waals surface area (Å²) in [6, 6.07) is 4.15. The van der Waals surface area contributed by atoms with Crippen LogP contribution < -0.4 is 9.47 Å². The second kappa shape index (κ2) is 8.06. The van der Waals surface area contributed by atoms with Crippen molar-refractivity contribution >= 4 is 35.0 Å². The Balaban J connectivity index is 2.33. The van der Waals surface area contributed by atoms with E-state index in [1.54, 1.807) is 31.2 Å². The molecule has 1 aliphatic rings. The number of imide groups is 1. The second-order valence-electron chi connectivity index (χ2n) is 5.09. The molecule has 1 saturated heterocycles. The number of carbonyl (C=O) groups excluding carboxylic acids is 3. The molecule has 25 heavy (non-hydrogen) atoms. The summed E-state index contributed by atoms with van der Waals surface area (Å²) in [5.74, 6) is -0.0392. The van der Waals surface area contributed by atoms with Gasteiger partial charge < -0.3 is 14.2 Å². The van der Waals surface area contributed by atoms with Crippen LogP contribution in [-0.4, -0.2) is 48.9 Å². The third-order valence-corrected chi connectivity index (χ3v) is 4.45. The highest BCUT2D eigenvalue weighted by Crippen LogP contribution is 2.36. The average molecular weight is 365 g/mol. The Kier molecular flexibility index (Phi) is 6.08. The minimum atomic E-state index is -0.981. The van der Waals surface area contributed by atoms with Gasteiger partial charge in [0.25, 0.3) is 11.1 Å². The average Bonchev–Trinajstić information content (AvgIpc) is 2.88. The number of amides is 2. The number of carbonyl (C=O) groups is 3. The molecule has 1 fully saturated rings. The fourth-order valence-corrected chi connectivity index (χ4v) is 3.17. The Bertz CT molecular complexity index is 730. The Morgan fingerprint density at radius 1 is 1.28 bits per heavy atom. The molecule has 0 aliphatic carbocycles. The van der Waals surface area contributed by atoms with E-state index in [0.29, 0.717) is 17.1 Å². The highest BCUT2D eigenvalue weighted by atomic mass is 32.2. The molecule has 2 rings (SSSR count). The van der Waals surface area contributed by atoms with Crippen molar-refractivity contribution in [2.45, 2.75) is 19.9 Å². The first-order valence-electron chi connectivity index (χ1n) is 7.58. The van der Waals surface area contributed by atoms with Crippen molar-refractivity contribution in [3.63, 3.8) is 0 Å². The van der Waals surface area contributed by atoms with Gasteiger partial charge in [-0.2, -0.15) is 0 Å². The van der Waals surface area contributed by atoms with Crippen molar-refractivity contribution in [3.05, 3.63) is 28.7 Å². The van der Waals surface area contributed by atoms with Gasteiger partial charge in [-0.3, -0.25) is 14.5 Å². The van der Waals surface area contributed by atoms with E-state index in [-0.39, 0.29) is 11.5 Å². The first-order chi connectivity index (χ1) is 11.9. The zero-order valence-electron chi connectivity index (χ0n) is 14.4. The first kappa shape index (κ1) is 18.9. The van der Waals surface area contributed by atoms with E-state index in [0.717, 1.165) is 16.7 Å². The van der Waals surface area contributed by atoms with Gasteiger partial charge in [-0.1, -0.05) is 0 Å². The van der Waals surface area contributed by atoms with Gasteiger partial charge in [-0.05, 0) is 49.9 Å². The van der Waals surface area contributed by atoms with Gasteiger partial charge >= 0.3 is 5.97 Å². The molecule has 7 nitrogen and oxygen atoms in total. The number of methoxy groups -OCH3 is 2. The summed E-state index contributed by atoms with van der Waals surface area (Å²) in [4.78, 5) is 37.7. The van der Waals surface area contributed by atoms with E-state index < -0.39 is 23.2 Å². The molecule has 0 spiro atoms. The van der Waals surface area contributed by atoms with Crippen LogP contribution in [0.2, 0.25) is 0 Å². The monoisotopic (exact) mass is 365 g/mol. The van der Waals surface area contributed by atoms with Crippen LogP contribution in [-0.2, 0) is 14.3 Å². The van der Waals surface area contributed by atoms with Crippen LogP contribution in [0.1, 0.15) is 19.4 Å². The topological polar surface area (TPSA) is 82.1 Å². The van der Waals surface area contributed by atoms with Crippen molar-refractivity contribution < 1.29 is 28.6 Å². The molecule has 0 saturated carbocycles. The molecular formula is C17H19NO6S. The number of rotatable bonds is 6. The lowest BCUT2D eigenvalue weighted by molar-refractivity contribution is -0.150. The Morgan fingerprint density at radius 3 is 2.60 bits per heavy atom. The number of ether oxygens (including phenoxy) is 3. The third kappa shape index (κ3) is 3.96. The number of benzene rings is 1. The molecule has 8 heteroatoms. The minimum Gasteiger partial charge on any atom is -0.497 e. The molecule has 0 unspecified atom stereocenters. The molecule has 1 aromatic carbocycles. The van der Waals surface area contributed by atoms with Gasteiger partial charge in [-0.15, -0.1) is 0 Å². The lowest BCUT2D eigenvalue weighted by Gasteiger charge is -2.19. The summed E-state index contributed by atoms with van der Waals surface area (Å²) in [7, 11) is 3.04. The predicted molar refractivity (Wildman–Crippen MR) is 93.5 cm³/mol. The summed E-state index contributed by atoms with van der Waals surface area (Å²) in [6.07, 6.45) is 1.55. The van der Waals surface area contributed by atoms with Gasteiger partial charge in [0.1, 0.15) is 17.5 Å². The van der Waals surface area contributed by atoms with Crippen molar-refractivity contribution in [2.24, 2.45) is 0 Å². The molecule has 0 N–H and O–H groups in total. The van der Waals surface area contributed by atoms with Gasteiger partial charge in [0.15, 0.2) is 0 Å². The molecule has 0 radical (unpaired) electrons. The van der Waals surface area contributed by atoms with Crippen LogP contribution in [0.5, 0.6) is 11.5 Å². The largest absolute Gasteiger partial charge is 0.497 e. The number of esters is 1. The SMILES string of the molecule is CCOC(=O)[C@H](C)N1C(=O)S/C(=C/c2cc(OC)ccc2OC)C1=O. The van der Waals surface area contributed by atoms with E-state index in [2.05, 4.69) is 0 Å². The predicted octanol–water partition coefficient (Wildman–Crippen LogP) is 2.69. The van der Waals surface area contributed by atoms with Crippen LogP contribution in [0.15, 0.2) is 23.1 Å². The minimum absolute atomic E-state index is 0.177. The lowest BCUT2D eigenvalue weighted by Crippen LogP contribution is -2.42. The van der Waals surface area contributed by atoms with Crippen molar-refractivity contribution in [1.82, 2.24) is 4.90 Å². The first-order valence-corrected chi connectivity index (χ1v) is 8.40. The summed E-state index contributed by atoms with van der Waals surface area (Å²) in [5.41, 5.74) is 0.594. The Morgan fingerprint density at radius 2 is 2.00 bits per heavy atom. The molecule has 1 aromatic rings. The van der Waals surface area contributed by atoms with Crippen LogP contribution in [0.4, 0.5) is 4.79 Å². The molecule has 0 aromatic heterocycles. The van der Waals surface area contributed by atoms with E-state index in [1.165, 1.54) is 21.1 Å². The molecule has 1 heterocycles. The highest BCUT2D eigenvalue weighted by Gasteiger charge is 2.41. The van der Waals surface area contributed by atoms with E-state index in [4.69, 9.17) is 14.2 Å². The highest BCUT2D eigenvalue weighted by molar-refractivity contribution is 8.18. The van der Waals surface area contributed by atoms with Gasteiger partial charge in [0, 0.05) is 5.56 Å². The van der Waals surface area contributed by atoms with Gasteiger partial charge in [0.2, 0.25) is 0 Å². The third-order valence-electron chi connectivity index (χ3n) is 3.56. The van der Waals surface area contributed by atoms with Crippen molar-refractivity contribution in [3.8, 4) is 11.5 Å². The molecule has 1 aliphatic heterocycles. The fourth-order valence-electron chi connectivity index (χ4n) is 2.28. The quantitative estimate of drug-likeness (QED) is 0.566. The van der Waals surface area contributed by atoms with Crippen molar-refractivity contribution in [1.29, 1.82) is 0 Å². The maximum Gasteiger partial charge on any atom is 0.329 e. The second-order valence-corrected chi connectivity index (χ2v) is 6.08. The van der Waals surface area contributed by atoms with Crippen molar-refractivity contribution in [2.75, 3.05) is 20.8 Å². The zero-order valence-corrected chi connectivity index (χ0v) is 15.2. The van der Waals surface area contributed by atoms with E-state index in [1.807, 2.05) is 0 Å². The smallest absolute Gasteiger partial charge is 0.329 e. The maximum absolute atomic E-state index is 12.6.